The van der Waals surface area contributed by atoms with Crippen LogP contribution in [0.4, 0.5) is 0 Å². The molecule has 198 valence electrons. The summed E-state index contributed by atoms with van der Waals surface area (Å²) < 4.78 is 13.3. The molecule has 0 aliphatic rings. The van der Waals surface area contributed by atoms with Crippen LogP contribution in [0.15, 0.2) is 24.3 Å². The van der Waals surface area contributed by atoms with Crippen LogP contribution in [-0.4, -0.2) is 26.1 Å². The van der Waals surface area contributed by atoms with Gasteiger partial charge in [0.25, 0.3) is 0 Å². The normalized spacial score (nSPS) is 14.3. The Morgan fingerprint density at radius 2 is 1.54 bits per heavy atom. The molecular formula is C30H50O3SSi. The van der Waals surface area contributed by atoms with Crippen LogP contribution in [0, 0.1) is 19.3 Å². The van der Waals surface area contributed by atoms with Crippen LogP contribution in [0.2, 0.25) is 18.1 Å². The minimum Gasteiger partial charge on any atom is -0.491 e. The maximum Gasteiger partial charge on any atom is 0.192 e. The van der Waals surface area contributed by atoms with Gasteiger partial charge in [0, 0.05) is 15.2 Å². The van der Waals surface area contributed by atoms with Gasteiger partial charge >= 0.3 is 0 Å². The van der Waals surface area contributed by atoms with Crippen LogP contribution in [0.3, 0.4) is 0 Å². The molecule has 0 aliphatic carbocycles. The Balaban J connectivity index is 2.33. The van der Waals surface area contributed by atoms with E-state index in [1.807, 2.05) is 0 Å². The lowest BCUT2D eigenvalue weighted by Gasteiger charge is -2.43. The number of aryl methyl sites for hydroxylation is 2. The summed E-state index contributed by atoms with van der Waals surface area (Å²) in [6.45, 7) is 27.6. The molecule has 2 rings (SSSR count). The van der Waals surface area contributed by atoms with Gasteiger partial charge < -0.3 is 14.3 Å². The molecule has 0 aliphatic heterocycles. The van der Waals surface area contributed by atoms with Crippen LogP contribution < -0.4 is 4.74 Å². The fraction of sp³-hybridized carbons (Fsp3) is 0.667. The van der Waals surface area contributed by atoms with Crippen molar-refractivity contribution in [2.45, 2.75) is 118 Å². The van der Waals surface area contributed by atoms with E-state index < -0.39 is 8.32 Å². The molecule has 0 amide bonds. The van der Waals surface area contributed by atoms with Gasteiger partial charge in [-0.3, -0.25) is 0 Å². The number of benzene rings is 1. The molecule has 1 unspecified atom stereocenters. The van der Waals surface area contributed by atoms with Crippen LogP contribution in [0.25, 0.3) is 0 Å². The average Bonchev–Trinajstić information content (AvgIpc) is 3.12. The second-order valence-electron chi connectivity index (χ2n) is 12.7. The van der Waals surface area contributed by atoms with E-state index in [9.17, 15) is 5.11 Å². The standard InChI is InChI=1S/C30H50O3SSi/c1-13-30(14-2,27-18-22(4)25(19-31)34-27)23-15-16-24(21(3)17-23)32-20-26(28(5,6)7)33-35(11,12)29(8,9)10/h15-18,26,31H,13-14,19-20H2,1-12H3. The van der Waals surface area contributed by atoms with E-state index in [-0.39, 0.29) is 28.6 Å². The lowest BCUT2D eigenvalue weighted by Crippen LogP contribution is -2.49. The number of ether oxygens (including phenoxy) is 1. The average molecular weight is 519 g/mol. The zero-order chi connectivity index (χ0) is 26.8. The van der Waals surface area contributed by atoms with Crippen molar-refractivity contribution in [3.05, 3.63) is 50.7 Å². The summed E-state index contributed by atoms with van der Waals surface area (Å²) in [6, 6.07) is 8.96. The summed E-state index contributed by atoms with van der Waals surface area (Å²) in [5.74, 6) is 0.932. The van der Waals surface area contributed by atoms with Crippen molar-refractivity contribution in [1.29, 1.82) is 0 Å². The highest BCUT2D eigenvalue weighted by atomic mass is 32.1. The van der Waals surface area contributed by atoms with Crippen molar-refractivity contribution in [3.63, 3.8) is 0 Å². The summed E-state index contributed by atoms with van der Waals surface area (Å²) >= 11 is 1.75. The first-order chi connectivity index (χ1) is 16.0. The number of aliphatic hydroxyl groups excluding tert-OH is 1. The van der Waals surface area contributed by atoms with Gasteiger partial charge in [-0.2, -0.15) is 0 Å². The molecule has 3 nitrogen and oxygen atoms in total. The number of rotatable bonds is 10. The number of aliphatic hydroxyl groups is 1. The maximum absolute atomic E-state index is 9.76. The molecule has 0 fully saturated rings. The molecule has 2 aromatic rings. The van der Waals surface area contributed by atoms with Crippen LogP contribution >= 0.6 is 11.3 Å². The molecule has 0 spiro atoms. The largest absolute Gasteiger partial charge is 0.491 e. The Bertz CT molecular complexity index is 974. The van der Waals surface area contributed by atoms with Crippen molar-refractivity contribution in [2.75, 3.05) is 6.61 Å². The highest BCUT2D eigenvalue weighted by Gasteiger charge is 2.42. The van der Waals surface area contributed by atoms with Gasteiger partial charge in [-0.15, -0.1) is 11.3 Å². The third kappa shape index (κ3) is 6.60. The predicted molar refractivity (Wildman–Crippen MR) is 155 cm³/mol. The Morgan fingerprint density at radius 1 is 0.943 bits per heavy atom. The van der Waals surface area contributed by atoms with Crippen molar-refractivity contribution in [1.82, 2.24) is 0 Å². The topological polar surface area (TPSA) is 38.7 Å². The quantitative estimate of drug-likeness (QED) is 0.319. The first-order valence-electron chi connectivity index (χ1n) is 13.1. The lowest BCUT2D eigenvalue weighted by atomic mass is 9.74. The van der Waals surface area contributed by atoms with E-state index in [1.165, 1.54) is 16.0 Å². The molecule has 0 saturated carbocycles. The molecule has 1 heterocycles. The van der Waals surface area contributed by atoms with Gasteiger partial charge in [-0.05, 0) is 79.1 Å². The van der Waals surface area contributed by atoms with Crippen molar-refractivity contribution < 1.29 is 14.3 Å². The minimum atomic E-state index is -1.91. The highest BCUT2D eigenvalue weighted by molar-refractivity contribution is 7.12. The van der Waals surface area contributed by atoms with Gasteiger partial charge in [-0.25, -0.2) is 0 Å². The summed E-state index contributed by atoms with van der Waals surface area (Å²) in [5.41, 5.74) is 3.61. The fourth-order valence-corrected chi connectivity index (χ4v) is 7.20. The summed E-state index contributed by atoms with van der Waals surface area (Å²) in [5, 5.41) is 9.92. The highest BCUT2D eigenvalue weighted by Crippen LogP contribution is 2.44. The molecule has 1 aromatic carbocycles. The Kier molecular flexibility index (Phi) is 9.52. The summed E-state index contributed by atoms with van der Waals surface area (Å²) in [7, 11) is -1.91. The third-order valence-electron chi connectivity index (χ3n) is 8.17. The molecule has 0 saturated heterocycles. The van der Waals surface area contributed by atoms with Gasteiger partial charge in [0.05, 0.1) is 12.7 Å². The monoisotopic (exact) mass is 518 g/mol. The smallest absolute Gasteiger partial charge is 0.192 e. The number of hydrogen-bond donors (Lipinski definition) is 1. The second kappa shape index (κ2) is 11.1. The molecule has 35 heavy (non-hydrogen) atoms. The fourth-order valence-electron chi connectivity index (χ4n) is 4.33. The summed E-state index contributed by atoms with van der Waals surface area (Å²) in [6.07, 6.45) is 2.06. The molecule has 1 atom stereocenters. The van der Waals surface area contributed by atoms with E-state index in [2.05, 4.69) is 107 Å². The number of thiophene rings is 1. The van der Waals surface area contributed by atoms with Crippen LogP contribution in [-0.2, 0) is 16.4 Å². The zero-order valence-electron chi connectivity index (χ0n) is 24.4. The van der Waals surface area contributed by atoms with Gasteiger partial charge in [0.2, 0.25) is 0 Å². The first kappa shape index (κ1) is 30.1. The lowest BCUT2D eigenvalue weighted by molar-refractivity contribution is 0.0310. The van der Waals surface area contributed by atoms with E-state index in [4.69, 9.17) is 9.16 Å². The van der Waals surface area contributed by atoms with Gasteiger partial charge in [0.1, 0.15) is 12.4 Å². The molecular weight excluding hydrogens is 468 g/mol. The summed E-state index contributed by atoms with van der Waals surface area (Å²) in [4.78, 5) is 2.41. The minimum absolute atomic E-state index is 0.00954. The second-order valence-corrected chi connectivity index (χ2v) is 18.6. The van der Waals surface area contributed by atoms with Crippen molar-refractivity contribution in [3.8, 4) is 5.75 Å². The van der Waals surface area contributed by atoms with E-state index >= 15 is 0 Å². The Hall–Kier alpha value is -1.14. The molecule has 0 radical (unpaired) electrons. The Labute approximate surface area is 220 Å². The van der Waals surface area contributed by atoms with E-state index in [1.54, 1.807) is 11.3 Å². The third-order valence-corrected chi connectivity index (χ3v) is 14.1. The number of hydrogen-bond acceptors (Lipinski definition) is 4. The maximum atomic E-state index is 9.76. The first-order valence-corrected chi connectivity index (χ1v) is 16.9. The van der Waals surface area contributed by atoms with E-state index in [0.717, 1.165) is 29.0 Å². The molecule has 1 aromatic heterocycles. The van der Waals surface area contributed by atoms with Crippen molar-refractivity contribution >= 4 is 19.7 Å². The molecule has 0 bridgehead atoms. The van der Waals surface area contributed by atoms with Crippen LogP contribution in [0.5, 0.6) is 5.75 Å². The molecule has 5 heteroatoms. The van der Waals surface area contributed by atoms with Crippen LogP contribution in [0.1, 0.15) is 94.7 Å². The Morgan fingerprint density at radius 3 is 1.97 bits per heavy atom. The predicted octanol–water partition coefficient (Wildman–Crippen LogP) is 8.78. The van der Waals surface area contributed by atoms with Gasteiger partial charge in [-0.1, -0.05) is 67.5 Å². The van der Waals surface area contributed by atoms with Gasteiger partial charge in [0.15, 0.2) is 8.32 Å². The molecule has 1 N–H and O–H groups in total. The van der Waals surface area contributed by atoms with E-state index in [0.29, 0.717) is 6.61 Å². The SMILES string of the molecule is CCC(CC)(c1ccc(OCC(O[Si](C)(C)C(C)(C)C)C(C)(C)C)c(C)c1)c1cc(C)c(CO)s1. The zero-order valence-corrected chi connectivity index (χ0v) is 26.2. The van der Waals surface area contributed by atoms with Crippen molar-refractivity contribution in [2.24, 2.45) is 5.41 Å².